The van der Waals surface area contributed by atoms with Gasteiger partial charge in [-0.05, 0) is 44.1 Å². The molecule has 0 aromatic heterocycles. The number of nitrogens with one attached hydrogen (secondary N) is 1. The first-order valence-corrected chi connectivity index (χ1v) is 5.83. The van der Waals surface area contributed by atoms with Gasteiger partial charge in [-0.25, -0.2) is 0 Å². The van der Waals surface area contributed by atoms with Gasteiger partial charge in [0.2, 0.25) is 0 Å². The van der Waals surface area contributed by atoms with Gasteiger partial charge >= 0.3 is 0 Å². The van der Waals surface area contributed by atoms with Crippen molar-refractivity contribution in [3.8, 4) is 5.75 Å². The molecule has 0 aliphatic carbocycles. The molecule has 2 atom stereocenters. The molecular formula is C13H22N2O. The minimum absolute atomic E-state index is 0.306. The summed E-state index contributed by atoms with van der Waals surface area (Å²) >= 11 is 0. The summed E-state index contributed by atoms with van der Waals surface area (Å²) in [6, 6.07) is 8.51. The van der Waals surface area contributed by atoms with E-state index in [-0.39, 0.29) is 0 Å². The van der Waals surface area contributed by atoms with Crippen molar-refractivity contribution in [2.45, 2.75) is 19.9 Å². The summed E-state index contributed by atoms with van der Waals surface area (Å²) in [4.78, 5) is 0. The van der Waals surface area contributed by atoms with E-state index in [9.17, 15) is 0 Å². The largest absolute Gasteiger partial charge is 0.494 e. The lowest BCUT2D eigenvalue weighted by Crippen LogP contribution is -2.28. The van der Waals surface area contributed by atoms with Gasteiger partial charge in [-0.2, -0.15) is 0 Å². The summed E-state index contributed by atoms with van der Waals surface area (Å²) in [5.74, 6) is 1.34. The molecule has 0 spiro atoms. The molecule has 3 nitrogen and oxygen atoms in total. The average molecular weight is 222 g/mol. The van der Waals surface area contributed by atoms with Crippen LogP contribution in [0, 0.1) is 5.92 Å². The fraction of sp³-hybridized carbons (Fsp3) is 0.538. The third-order valence-corrected chi connectivity index (χ3v) is 2.80. The number of benzene rings is 1. The molecule has 0 aliphatic heterocycles. The molecule has 3 heteroatoms. The summed E-state index contributed by atoms with van der Waals surface area (Å²) in [7, 11) is 1.97. The van der Waals surface area contributed by atoms with Gasteiger partial charge in [0, 0.05) is 6.04 Å². The van der Waals surface area contributed by atoms with Crippen LogP contribution in [0.25, 0.3) is 0 Å². The molecule has 0 fully saturated rings. The average Bonchev–Trinajstić information content (AvgIpc) is 2.32. The van der Waals surface area contributed by atoms with Crippen molar-refractivity contribution in [1.29, 1.82) is 0 Å². The van der Waals surface area contributed by atoms with Crippen molar-refractivity contribution in [2.24, 2.45) is 11.7 Å². The molecule has 3 N–H and O–H groups in total. The topological polar surface area (TPSA) is 47.3 Å². The highest BCUT2D eigenvalue weighted by Gasteiger charge is 2.15. The van der Waals surface area contributed by atoms with Gasteiger partial charge < -0.3 is 15.8 Å². The van der Waals surface area contributed by atoms with Crippen LogP contribution in [0.5, 0.6) is 5.75 Å². The molecule has 1 aromatic rings. The van der Waals surface area contributed by atoms with Crippen LogP contribution in [-0.2, 0) is 0 Å². The summed E-state index contributed by atoms with van der Waals surface area (Å²) in [6.07, 6.45) is 0. The Morgan fingerprint density at radius 3 is 2.38 bits per heavy atom. The van der Waals surface area contributed by atoms with Gasteiger partial charge in [0.25, 0.3) is 0 Å². The third kappa shape index (κ3) is 3.22. The molecule has 0 amide bonds. The highest BCUT2D eigenvalue weighted by atomic mass is 16.5. The lowest BCUT2D eigenvalue weighted by atomic mass is 9.95. The number of rotatable bonds is 6. The van der Waals surface area contributed by atoms with Crippen molar-refractivity contribution < 1.29 is 4.74 Å². The van der Waals surface area contributed by atoms with Gasteiger partial charge in [-0.1, -0.05) is 19.1 Å². The zero-order valence-corrected chi connectivity index (χ0v) is 10.4. The van der Waals surface area contributed by atoms with Gasteiger partial charge in [-0.15, -0.1) is 0 Å². The second kappa shape index (κ2) is 6.51. The van der Waals surface area contributed by atoms with Crippen LogP contribution in [0.15, 0.2) is 24.3 Å². The van der Waals surface area contributed by atoms with E-state index >= 15 is 0 Å². The highest BCUT2D eigenvalue weighted by Crippen LogP contribution is 2.23. The molecular weight excluding hydrogens is 200 g/mol. The fourth-order valence-electron chi connectivity index (χ4n) is 1.85. The van der Waals surface area contributed by atoms with Crippen molar-refractivity contribution in [3.63, 3.8) is 0 Å². The van der Waals surface area contributed by atoms with Crippen LogP contribution >= 0.6 is 0 Å². The van der Waals surface area contributed by atoms with Crippen molar-refractivity contribution in [1.82, 2.24) is 5.32 Å². The Kier molecular flexibility index (Phi) is 5.29. The number of hydrogen-bond acceptors (Lipinski definition) is 3. The van der Waals surface area contributed by atoms with Crippen LogP contribution < -0.4 is 15.8 Å². The summed E-state index contributed by atoms with van der Waals surface area (Å²) in [5, 5.41) is 3.30. The second-order valence-corrected chi connectivity index (χ2v) is 3.98. The quantitative estimate of drug-likeness (QED) is 0.773. The fourth-order valence-corrected chi connectivity index (χ4v) is 1.85. The molecule has 2 unspecified atom stereocenters. The van der Waals surface area contributed by atoms with Crippen LogP contribution in [0.4, 0.5) is 0 Å². The van der Waals surface area contributed by atoms with Crippen LogP contribution in [0.3, 0.4) is 0 Å². The predicted molar refractivity (Wildman–Crippen MR) is 67.6 cm³/mol. The Labute approximate surface area is 98.0 Å². The summed E-state index contributed by atoms with van der Waals surface area (Å²) in [5.41, 5.74) is 6.95. The number of nitrogens with two attached hydrogens (primary N) is 1. The van der Waals surface area contributed by atoms with Crippen LogP contribution in [-0.4, -0.2) is 20.2 Å². The monoisotopic (exact) mass is 222 g/mol. The molecule has 0 bridgehead atoms. The maximum Gasteiger partial charge on any atom is 0.119 e. The van der Waals surface area contributed by atoms with E-state index in [1.165, 1.54) is 5.56 Å². The molecule has 16 heavy (non-hydrogen) atoms. The minimum atomic E-state index is 0.306. The first-order valence-electron chi connectivity index (χ1n) is 5.83. The molecule has 0 saturated carbocycles. The zero-order valence-electron chi connectivity index (χ0n) is 10.4. The smallest absolute Gasteiger partial charge is 0.119 e. The number of ether oxygens (including phenoxy) is 1. The minimum Gasteiger partial charge on any atom is -0.494 e. The van der Waals surface area contributed by atoms with E-state index in [1.54, 1.807) is 0 Å². The molecule has 90 valence electrons. The Hall–Kier alpha value is -1.06. The molecule has 1 aromatic carbocycles. The van der Waals surface area contributed by atoms with Crippen molar-refractivity contribution >= 4 is 0 Å². The Balaban J connectivity index is 2.78. The van der Waals surface area contributed by atoms with Crippen molar-refractivity contribution in [2.75, 3.05) is 20.2 Å². The maximum atomic E-state index is 5.70. The first kappa shape index (κ1) is 13.0. The van der Waals surface area contributed by atoms with E-state index in [2.05, 4.69) is 24.4 Å². The van der Waals surface area contributed by atoms with Gasteiger partial charge in [0.15, 0.2) is 0 Å². The number of hydrogen-bond donors (Lipinski definition) is 2. The van der Waals surface area contributed by atoms with Crippen LogP contribution in [0.1, 0.15) is 25.5 Å². The Bertz CT molecular complexity index is 297. The van der Waals surface area contributed by atoms with E-state index in [0.717, 1.165) is 5.75 Å². The first-order chi connectivity index (χ1) is 7.72. The zero-order chi connectivity index (χ0) is 12.0. The summed E-state index contributed by atoms with van der Waals surface area (Å²) < 4.78 is 5.42. The maximum absolute atomic E-state index is 5.70. The van der Waals surface area contributed by atoms with Gasteiger partial charge in [0.05, 0.1) is 6.61 Å². The Morgan fingerprint density at radius 1 is 1.31 bits per heavy atom. The molecule has 0 radical (unpaired) electrons. The summed E-state index contributed by atoms with van der Waals surface area (Å²) in [6.45, 7) is 5.52. The van der Waals surface area contributed by atoms with Crippen LogP contribution in [0.2, 0.25) is 0 Å². The molecule has 0 heterocycles. The highest BCUT2D eigenvalue weighted by molar-refractivity contribution is 5.29. The third-order valence-electron chi connectivity index (χ3n) is 2.80. The predicted octanol–water partition coefficient (Wildman–Crippen LogP) is 1.94. The van der Waals surface area contributed by atoms with Crippen molar-refractivity contribution in [3.05, 3.63) is 29.8 Å². The van der Waals surface area contributed by atoms with E-state index in [0.29, 0.717) is 25.1 Å². The van der Waals surface area contributed by atoms with E-state index in [4.69, 9.17) is 10.5 Å². The van der Waals surface area contributed by atoms with E-state index in [1.807, 2.05) is 26.1 Å². The van der Waals surface area contributed by atoms with Gasteiger partial charge in [-0.3, -0.25) is 0 Å². The van der Waals surface area contributed by atoms with E-state index < -0.39 is 0 Å². The second-order valence-electron chi connectivity index (χ2n) is 3.98. The normalized spacial score (nSPS) is 14.5. The SMILES string of the molecule is CCOc1ccc(C(NC)C(C)CN)cc1. The lowest BCUT2D eigenvalue weighted by Gasteiger charge is -2.22. The Morgan fingerprint density at radius 2 is 1.94 bits per heavy atom. The lowest BCUT2D eigenvalue weighted by molar-refractivity contribution is 0.339. The standard InChI is InChI=1S/C13H22N2O/c1-4-16-12-7-5-11(6-8-12)13(15-3)10(2)9-14/h5-8,10,13,15H,4,9,14H2,1-3H3. The molecule has 1 rings (SSSR count). The van der Waals surface area contributed by atoms with Gasteiger partial charge in [0.1, 0.15) is 5.75 Å². The molecule has 0 saturated heterocycles. The molecule has 0 aliphatic rings.